The maximum atomic E-state index is 5.80. The zero-order valence-corrected chi connectivity index (χ0v) is 16.5. The van der Waals surface area contributed by atoms with E-state index in [-0.39, 0.29) is 0 Å². The zero-order valence-electron chi connectivity index (χ0n) is 16.5. The van der Waals surface area contributed by atoms with Gasteiger partial charge in [-0.15, -0.1) is 0 Å². The molecule has 2 bridgehead atoms. The molecule has 0 aliphatic carbocycles. The lowest BCUT2D eigenvalue weighted by Crippen LogP contribution is -2.47. The smallest absolute Gasteiger partial charge is 0.169 e. The summed E-state index contributed by atoms with van der Waals surface area (Å²) in [5.41, 5.74) is 2.03. The summed E-state index contributed by atoms with van der Waals surface area (Å²) < 4.78 is 13.3. The number of nitrogens with zero attached hydrogens (tertiary/aromatic N) is 6. The highest BCUT2D eigenvalue weighted by atomic mass is 16.5. The molecule has 3 atom stereocenters. The van der Waals surface area contributed by atoms with E-state index in [1.54, 1.807) is 6.20 Å². The SMILES string of the molecule is C[C@@H]1COCCN1c1cc(N2C3CCC2COC3)nc2c1cnn2-c1ccn[nH]1. The molecule has 3 aromatic heterocycles. The van der Waals surface area contributed by atoms with Crippen LogP contribution < -0.4 is 9.80 Å². The van der Waals surface area contributed by atoms with E-state index in [1.807, 2.05) is 16.9 Å². The van der Waals surface area contributed by atoms with Crippen LogP contribution in [0, 0.1) is 0 Å². The van der Waals surface area contributed by atoms with Crippen LogP contribution in [0.4, 0.5) is 11.5 Å². The molecular formula is C20H25N7O2. The molecule has 3 aliphatic heterocycles. The molecule has 6 heterocycles. The number of aromatic amines is 1. The lowest BCUT2D eigenvalue weighted by atomic mass is 10.1. The van der Waals surface area contributed by atoms with Gasteiger partial charge < -0.3 is 19.3 Å². The Morgan fingerprint density at radius 2 is 2.00 bits per heavy atom. The van der Waals surface area contributed by atoms with E-state index in [9.17, 15) is 0 Å². The van der Waals surface area contributed by atoms with Gasteiger partial charge in [-0.05, 0) is 19.8 Å². The van der Waals surface area contributed by atoms with E-state index in [0.717, 1.165) is 68.5 Å². The molecule has 0 aromatic carbocycles. The van der Waals surface area contributed by atoms with Crippen molar-refractivity contribution < 1.29 is 9.47 Å². The highest BCUT2D eigenvalue weighted by molar-refractivity contribution is 5.92. The number of H-pyrrole nitrogens is 1. The fourth-order valence-corrected chi connectivity index (χ4v) is 4.97. The van der Waals surface area contributed by atoms with Crippen LogP contribution in [-0.4, -0.2) is 76.1 Å². The van der Waals surface area contributed by atoms with Crippen LogP contribution in [-0.2, 0) is 9.47 Å². The first-order valence-electron chi connectivity index (χ1n) is 10.4. The Hall–Kier alpha value is -2.65. The van der Waals surface area contributed by atoms with Gasteiger partial charge in [0.25, 0.3) is 0 Å². The molecule has 9 nitrogen and oxygen atoms in total. The number of ether oxygens (including phenoxy) is 2. The summed E-state index contributed by atoms with van der Waals surface area (Å²) in [6, 6.07) is 5.27. The maximum Gasteiger partial charge on any atom is 0.169 e. The van der Waals surface area contributed by atoms with Gasteiger partial charge in [0.05, 0.1) is 62.0 Å². The molecular weight excluding hydrogens is 370 g/mol. The Bertz CT molecular complexity index is 1000. The predicted octanol–water partition coefficient (Wildman–Crippen LogP) is 1.74. The second kappa shape index (κ2) is 6.70. The second-order valence-corrected chi connectivity index (χ2v) is 8.18. The zero-order chi connectivity index (χ0) is 19.4. The lowest BCUT2D eigenvalue weighted by molar-refractivity contribution is 0.0902. The maximum absolute atomic E-state index is 5.80. The predicted molar refractivity (Wildman–Crippen MR) is 109 cm³/mol. The highest BCUT2D eigenvalue weighted by Gasteiger charge is 2.39. The van der Waals surface area contributed by atoms with Crippen molar-refractivity contribution in [1.29, 1.82) is 0 Å². The Labute approximate surface area is 168 Å². The van der Waals surface area contributed by atoms with Crippen LogP contribution in [0.25, 0.3) is 16.9 Å². The van der Waals surface area contributed by atoms with E-state index < -0.39 is 0 Å². The largest absolute Gasteiger partial charge is 0.377 e. The standard InChI is InChI=1S/C20H25N7O2/c1-13-10-28-7-6-25(13)17-8-19(26-14-2-3-15(26)12-29-11-14)23-20-16(17)9-22-27(20)18-4-5-21-24-18/h4-5,8-9,13-15H,2-3,6-7,10-12H2,1H3,(H,21,24)/t13-,14?,15?/m1/s1. The van der Waals surface area contributed by atoms with Crippen LogP contribution in [0.15, 0.2) is 24.5 Å². The first kappa shape index (κ1) is 17.2. The number of morpholine rings is 2. The van der Waals surface area contributed by atoms with E-state index in [4.69, 9.17) is 14.5 Å². The minimum absolute atomic E-state index is 0.305. The first-order valence-corrected chi connectivity index (χ1v) is 10.4. The van der Waals surface area contributed by atoms with Crippen molar-refractivity contribution in [2.24, 2.45) is 0 Å². The second-order valence-electron chi connectivity index (χ2n) is 8.18. The van der Waals surface area contributed by atoms with Gasteiger partial charge in [0.1, 0.15) is 5.82 Å². The normalized spacial score (nSPS) is 27.1. The van der Waals surface area contributed by atoms with E-state index in [0.29, 0.717) is 18.1 Å². The van der Waals surface area contributed by atoms with E-state index in [1.165, 1.54) is 5.69 Å². The van der Waals surface area contributed by atoms with Crippen molar-refractivity contribution in [1.82, 2.24) is 25.0 Å². The molecule has 0 radical (unpaired) electrons. The Balaban J connectivity index is 1.54. The first-order chi connectivity index (χ1) is 14.3. The number of rotatable bonds is 3. The van der Waals surface area contributed by atoms with Crippen molar-refractivity contribution in [3.05, 3.63) is 24.5 Å². The summed E-state index contributed by atoms with van der Waals surface area (Å²) in [4.78, 5) is 10.0. The molecule has 3 fully saturated rings. The fourth-order valence-electron chi connectivity index (χ4n) is 4.97. The Morgan fingerprint density at radius 1 is 1.14 bits per heavy atom. The van der Waals surface area contributed by atoms with E-state index >= 15 is 0 Å². The van der Waals surface area contributed by atoms with Crippen LogP contribution in [0.2, 0.25) is 0 Å². The van der Waals surface area contributed by atoms with Gasteiger partial charge >= 0.3 is 0 Å². The summed E-state index contributed by atoms with van der Waals surface area (Å²) in [6.07, 6.45) is 5.97. The third kappa shape index (κ3) is 2.71. The molecule has 1 N–H and O–H groups in total. The number of nitrogens with one attached hydrogen (secondary N) is 1. The lowest BCUT2D eigenvalue weighted by Gasteiger charge is -2.38. The van der Waals surface area contributed by atoms with Gasteiger partial charge in [0, 0.05) is 24.7 Å². The van der Waals surface area contributed by atoms with Crippen LogP contribution >= 0.6 is 0 Å². The number of anilines is 2. The van der Waals surface area contributed by atoms with Gasteiger partial charge in [-0.3, -0.25) is 5.10 Å². The Morgan fingerprint density at radius 3 is 2.76 bits per heavy atom. The van der Waals surface area contributed by atoms with Gasteiger partial charge in [-0.2, -0.15) is 14.9 Å². The number of fused-ring (bicyclic) bond motifs is 3. The van der Waals surface area contributed by atoms with Gasteiger partial charge in [-0.25, -0.2) is 4.98 Å². The fraction of sp³-hybridized carbons (Fsp3) is 0.550. The monoisotopic (exact) mass is 395 g/mol. The summed E-state index contributed by atoms with van der Waals surface area (Å²) in [7, 11) is 0. The number of aromatic nitrogens is 5. The van der Waals surface area contributed by atoms with Gasteiger partial charge in [0.2, 0.25) is 0 Å². The van der Waals surface area contributed by atoms with Crippen molar-refractivity contribution in [3.8, 4) is 5.82 Å². The highest BCUT2D eigenvalue weighted by Crippen LogP contribution is 2.38. The van der Waals surface area contributed by atoms with Crippen molar-refractivity contribution >= 4 is 22.5 Å². The quantitative estimate of drug-likeness (QED) is 0.723. The molecule has 9 heteroatoms. The van der Waals surface area contributed by atoms with Crippen molar-refractivity contribution in [2.75, 3.05) is 42.8 Å². The Kier molecular flexibility index (Phi) is 3.98. The molecule has 3 saturated heterocycles. The molecule has 0 saturated carbocycles. The topological polar surface area (TPSA) is 84.3 Å². The number of hydrogen-bond donors (Lipinski definition) is 1. The van der Waals surface area contributed by atoms with Gasteiger partial charge in [-0.1, -0.05) is 0 Å². The van der Waals surface area contributed by atoms with Crippen LogP contribution in [0.3, 0.4) is 0 Å². The van der Waals surface area contributed by atoms with Crippen LogP contribution in [0.5, 0.6) is 0 Å². The summed E-state index contributed by atoms with van der Waals surface area (Å²) in [5.74, 6) is 1.83. The van der Waals surface area contributed by atoms with Gasteiger partial charge in [0.15, 0.2) is 11.5 Å². The molecule has 2 unspecified atom stereocenters. The third-order valence-corrected chi connectivity index (χ3v) is 6.40. The summed E-state index contributed by atoms with van der Waals surface area (Å²) >= 11 is 0. The third-order valence-electron chi connectivity index (χ3n) is 6.40. The average molecular weight is 395 g/mol. The molecule has 3 aliphatic rings. The number of pyridine rings is 1. The molecule has 0 amide bonds. The summed E-state index contributed by atoms with van der Waals surface area (Å²) in [5, 5.41) is 12.8. The molecule has 3 aromatic rings. The van der Waals surface area contributed by atoms with Crippen molar-refractivity contribution in [3.63, 3.8) is 0 Å². The molecule has 6 rings (SSSR count). The average Bonchev–Trinajstić information content (AvgIpc) is 3.45. The van der Waals surface area contributed by atoms with Crippen LogP contribution in [0.1, 0.15) is 19.8 Å². The summed E-state index contributed by atoms with van der Waals surface area (Å²) in [6.45, 7) is 6.10. The molecule has 0 spiro atoms. The molecule has 29 heavy (non-hydrogen) atoms. The van der Waals surface area contributed by atoms with Crippen molar-refractivity contribution in [2.45, 2.75) is 37.9 Å². The number of hydrogen-bond acceptors (Lipinski definition) is 7. The minimum atomic E-state index is 0.305. The van der Waals surface area contributed by atoms with E-state index in [2.05, 4.69) is 38.1 Å². The molecule has 152 valence electrons. The minimum Gasteiger partial charge on any atom is -0.377 e.